The van der Waals surface area contributed by atoms with Gasteiger partial charge in [-0.25, -0.2) is 4.39 Å². The Morgan fingerprint density at radius 2 is 1.92 bits per heavy atom. The summed E-state index contributed by atoms with van der Waals surface area (Å²) in [6.07, 6.45) is -0.405. The van der Waals surface area contributed by atoms with Crippen molar-refractivity contribution in [3.63, 3.8) is 0 Å². The molecule has 4 rings (SSSR count). The average Bonchev–Trinajstić information content (AvgIpc) is 3.24. The molecule has 7 heteroatoms. The molecule has 122 valence electrons. The average molecular weight is 328 g/mol. The predicted octanol–water partition coefficient (Wildman–Crippen LogP) is 2.69. The van der Waals surface area contributed by atoms with Gasteiger partial charge in [-0.2, -0.15) is 0 Å². The predicted molar refractivity (Wildman–Crippen MR) is 83.6 cm³/mol. The molecule has 0 radical (unpaired) electrons. The van der Waals surface area contributed by atoms with E-state index in [1.165, 1.54) is 12.1 Å². The lowest BCUT2D eigenvalue weighted by Gasteiger charge is -2.10. The van der Waals surface area contributed by atoms with E-state index in [4.69, 9.17) is 14.3 Å². The Labute approximate surface area is 136 Å². The van der Waals surface area contributed by atoms with Gasteiger partial charge in [-0.05, 0) is 29.8 Å². The van der Waals surface area contributed by atoms with E-state index >= 15 is 0 Å². The summed E-state index contributed by atoms with van der Waals surface area (Å²) in [4.78, 5) is 17.5. The van der Waals surface area contributed by atoms with Crippen LogP contribution in [-0.2, 0) is 9.63 Å². The normalized spacial score (nSPS) is 18.0. The molecule has 6 nitrogen and oxygen atoms in total. The van der Waals surface area contributed by atoms with Gasteiger partial charge in [0.05, 0.1) is 5.71 Å². The molecule has 0 aromatic heterocycles. The van der Waals surface area contributed by atoms with Gasteiger partial charge in [-0.15, -0.1) is 0 Å². The number of benzene rings is 2. The van der Waals surface area contributed by atoms with Gasteiger partial charge in [0.15, 0.2) is 11.5 Å². The second-order valence-corrected chi connectivity index (χ2v) is 5.40. The Morgan fingerprint density at radius 3 is 2.75 bits per heavy atom. The van der Waals surface area contributed by atoms with Crippen LogP contribution in [0.4, 0.5) is 10.1 Å². The molecular weight excluding hydrogens is 315 g/mol. The van der Waals surface area contributed by atoms with E-state index in [-0.39, 0.29) is 18.5 Å². The van der Waals surface area contributed by atoms with Crippen molar-refractivity contribution in [2.75, 3.05) is 12.1 Å². The minimum Gasteiger partial charge on any atom is -0.454 e. The summed E-state index contributed by atoms with van der Waals surface area (Å²) in [7, 11) is 0. The second-order valence-electron chi connectivity index (χ2n) is 5.40. The van der Waals surface area contributed by atoms with Crippen LogP contribution in [0.15, 0.2) is 47.6 Å². The number of carbonyl (C=O) groups is 1. The maximum absolute atomic E-state index is 13.0. The van der Waals surface area contributed by atoms with Crippen molar-refractivity contribution < 1.29 is 23.5 Å². The van der Waals surface area contributed by atoms with Crippen LogP contribution in [0.2, 0.25) is 0 Å². The Balaban J connectivity index is 1.40. The van der Waals surface area contributed by atoms with Gasteiger partial charge < -0.3 is 19.6 Å². The zero-order valence-corrected chi connectivity index (χ0v) is 12.5. The summed E-state index contributed by atoms with van der Waals surface area (Å²) in [6, 6.07) is 11.0. The summed E-state index contributed by atoms with van der Waals surface area (Å²) < 4.78 is 23.5. The van der Waals surface area contributed by atoms with Crippen LogP contribution in [-0.4, -0.2) is 24.5 Å². The summed E-state index contributed by atoms with van der Waals surface area (Å²) in [5, 5.41) is 6.69. The first-order valence-corrected chi connectivity index (χ1v) is 7.38. The second kappa shape index (κ2) is 5.84. The van der Waals surface area contributed by atoms with Gasteiger partial charge in [0, 0.05) is 18.2 Å². The van der Waals surface area contributed by atoms with E-state index in [1.54, 1.807) is 30.3 Å². The van der Waals surface area contributed by atoms with Crippen LogP contribution in [0.5, 0.6) is 11.5 Å². The molecule has 0 bridgehead atoms. The minimum absolute atomic E-state index is 0.174. The molecule has 1 atom stereocenters. The van der Waals surface area contributed by atoms with E-state index in [0.717, 1.165) is 5.56 Å². The molecule has 2 aliphatic rings. The highest BCUT2D eigenvalue weighted by molar-refractivity contribution is 6.06. The molecule has 0 spiro atoms. The fourth-order valence-corrected chi connectivity index (χ4v) is 2.53. The molecule has 2 heterocycles. The maximum Gasteiger partial charge on any atom is 0.268 e. The van der Waals surface area contributed by atoms with Crippen LogP contribution >= 0.6 is 0 Å². The Hall–Kier alpha value is -3.09. The summed E-state index contributed by atoms with van der Waals surface area (Å²) in [6.45, 7) is 0.174. The van der Waals surface area contributed by atoms with Crippen molar-refractivity contribution in [2.24, 2.45) is 5.16 Å². The van der Waals surface area contributed by atoms with Gasteiger partial charge in [-0.1, -0.05) is 17.3 Å². The molecule has 0 unspecified atom stereocenters. The van der Waals surface area contributed by atoms with Crippen LogP contribution in [0.25, 0.3) is 0 Å². The third-order valence-electron chi connectivity index (χ3n) is 3.78. The highest BCUT2D eigenvalue weighted by Crippen LogP contribution is 2.34. The molecule has 2 aliphatic heterocycles. The highest BCUT2D eigenvalue weighted by Gasteiger charge is 2.29. The lowest BCUT2D eigenvalue weighted by atomic mass is 10.0. The van der Waals surface area contributed by atoms with Gasteiger partial charge >= 0.3 is 0 Å². The maximum atomic E-state index is 13.0. The van der Waals surface area contributed by atoms with Crippen molar-refractivity contribution in [1.29, 1.82) is 0 Å². The number of carbonyl (C=O) groups excluding carboxylic acids is 1. The van der Waals surface area contributed by atoms with Crippen LogP contribution in [0.3, 0.4) is 0 Å². The quantitative estimate of drug-likeness (QED) is 0.940. The number of hydrogen-bond acceptors (Lipinski definition) is 5. The van der Waals surface area contributed by atoms with E-state index < -0.39 is 6.10 Å². The zero-order valence-electron chi connectivity index (χ0n) is 12.5. The monoisotopic (exact) mass is 328 g/mol. The number of ether oxygens (including phenoxy) is 2. The molecule has 0 fully saturated rings. The number of anilines is 1. The molecule has 0 aliphatic carbocycles. The number of oxime groups is 1. The molecule has 0 saturated carbocycles. The van der Waals surface area contributed by atoms with Gasteiger partial charge in [0.2, 0.25) is 12.9 Å². The standard InChI is InChI=1S/C17H13FN2O4/c18-11-3-1-10(2-4-11)13-8-16(24-20-13)17(21)19-12-5-6-14-15(7-12)23-9-22-14/h1-7,16H,8-9H2,(H,19,21)/t16-/m0/s1. The van der Waals surface area contributed by atoms with Crippen LogP contribution < -0.4 is 14.8 Å². The van der Waals surface area contributed by atoms with E-state index in [1.807, 2.05) is 0 Å². The highest BCUT2D eigenvalue weighted by atomic mass is 19.1. The molecule has 2 aromatic carbocycles. The third kappa shape index (κ3) is 2.76. The van der Waals surface area contributed by atoms with Gasteiger partial charge in [-0.3, -0.25) is 4.79 Å². The minimum atomic E-state index is -0.726. The molecule has 24 heavy (non-hydrogen) atoms. The molecule has 1 amide bonds. The number of nitrogens with one attached hydrogen (secondary N) is 1. The fourth-order valence-electron chi connectivity index (χ4n) is 2.53. The van der Waals surface area contributed by atoms with Crippen molar-refractivity contribution in [1.82, 2.24) is 0 Å². The number of halogens is 1. The van der Waals surface area contributed by atoms with E-state index in [2.05, 4.69) is 10.5 Å². The summed E-state index contributed by atoms with van der Waals surface area (Å²) >= 11 is 0. The van der Waals surface area contributed by atoms with Crippen LogP contribution in [0.1, 0.15) is 12.0 Å². The zero-order chi connectivity index (χ0) is 16.5. The number of amides is 1. The number of rotatable bonds is 3. The molecule has 0 saturated heterocycles. The van der Waals surface area contributed by atoms with Crippen molar-refractivity contribution in [3.05, 3.63) is 53.8 Å². The SMILES string of the molecule is O=C(Nc1ccc2c(c1)OCO2)[C@@H]1CC(c2ccc(F)cc2)=NO1. The number of fused-ring (bicyclic) bond motifs is 1. The Bertz CT molecular complexity index is 820. The van der Waals surface area contributed by atoms with Gasteiger partial charge in [0.25, 0.3) is 5.91 Å². The van der Waals surface area contributed by atoms with E-state index in [9.17, 15) is 9.18 Å². The van der Waals surface area contributed by atoms with Crippen molar-refractivity contribution in [3.8, 4) is 11.5 Å². The molecular formula is C17H13FN2O4. The first kappa shape index (κ1) is 14.5. The summed E-state index contributed by atoms with van der Waals surface area (Å²) in [5.74, 6) is 0.598. The fraction of sp³-hybridized carbons (Fsp3) is 0.176. The van der Waals surface area contributed by atoms with Gasteiger partial charge in [0.1, 0.15) is 5.82 Å². The Kier molecular flexibility index (Phi) is 3.53. The third-order valence-corrected chi connectivity index (χ3v) is 3.78. The van der Waals surface area contributed by atoms with Crippen LogP contribution in [0, 0.1) is 5.82 Å². The van der Waals surface area contributed by atoms with E-state index in [0.29, 0.717) is 29.3 Å². The smallest absolute Gasteiger partial charge is 0.268 e. The number of nitrogens with zero attached hydrogens (tertiary/aromatic N) is 1. The van der Waals surface area contributed by atoms with Crippen molar-refractivity contribution in [2.45, 2.75) is 12.5 Å². The molecule has 2 aromatic rings. The lowest BCUT2D eigenvalue weighted by molar-refractivity contribution is -0.125. The molecule has 1 N–H and O–H groups in total. The number of hydrogen-bond donors (Lipinski definition) is 1. The first-order valence-electron chi connectivity index (χ1n) is 7.38. The Morgan fingerprint density at radius 1 is 1.12 bits per heavy atom. The topological polar surface area (TPSA) is 69.2 Å². The van der Waals surface area contributed by atoms with Crippen molar-refractivity contribution >= 4 is 17.3 Å². The largest absolute Gasteiger partial charge is 0.454 e. The summed E-state index contributed by atoms with van der Waals surface area (Å²) in [5.41, 5.74) is 1.93. The first-order chi connectivity index (χ1) is 11.7. The lowest BCUT2D eigenvalue weighted by Crippen LogP contribution is -2.28.